The summed E-state index contributed by atoms with van der Waals surface area (Å²) in [7, 11) is 1.63. The molecule has 2 aliphatic rings. The molecule has 3 N–H and O–H groups in total. The number of ether oxygens (including phenoxy) is 4. The van der Waals surface area contributed by atoms with Crippen LogP contribution in [-0.2, 0) is 0 Å². The smallest absolute Gasteiger partial charge is 0.212 e. The molecule has 0 fully saturated rings. The van der Waals surface area contributed by atoms with Gasteiger partial charge in [0.15, 0.2) is 35.1 Å². The molecule has 0 saturated carbocycles. The minimum atomic E-state index is -0.416. The number of hydrogen-bond donors (Lipinski definition) is 2. The molecule has 9 nitrogen and oxygen atoms in total. The van der Waals surface area contributed by atoms with E-state index in [1.807, 2.05) is 34.9 Å². The summed E-state index contributed by atoms with van der Waals surface area (Å²) in [6.45, 7) is 3.89. The summed E-state index contributed by atoms with van der Waals surface area (Å²) in [6, 6.07) is 9.65. The summed E-state index contributed by atoms with van der Waals surface area (Å²) < 4.78 is 25.1. The Hall–Kier alpha value is -3.62. The Kier molecular flexibility index (Phi) is 4.93. The van der Waals surface area contributed by atoms with E-state index in [2.05, 4.69) is 17.2 Å². The largest absolute Gasteiger partial charge is 0.493 e. The van der Waals surface area contributed by atoms with E-state index >= 15 is 0 Å². The molecule has 31 heavy (non-hydrogen) atoms. The van der Waals surface area contributed by atoms with E-state index in [9.17, 15) is 0 Å². The SMILES string of the molecule is CCCOc1cc(C2N=C(N)Nc3nc4cc5c(cc4n32)OCCCO5)ccc1OC. The van der Waals surface area contributed by atoms with Gasteiger partial charge in [-0.1, -0.05) is 13.0 Å². The van der Waals surface area contributed by atoms with E-state index in [4.69, 9.17) is 29.7 Å². The topological polar surface area (TPSA) is 105 Å². The van der Waals surface area contributed by atoms with Gasteiger partial charge in [0.1, 0.15) is 0 Å². The van der Waals surface area contributed by atoms with Crippen molar-refractivity contribution in [3.05, 3.63) is 35.9 Å². The number of methoxy groups -OCH3 is 1. The molecular weight excluding hydrogens is 398 g/mol. The van der Waals surface area contributed by atoms with Gasteiger partial charge in [-0.05, 0) is 18.6 Å². The predicted molar refractivity (Wildman–Crippen MR) is 118 cm³/mol. The zero-order chi connectivity index (χ0) is 21.4. The van der Waals surface area contributed by atoms with Crippen molar-refractivity contribution in [3.8, 4) is 23.0 Å². The van der Waals surface area contributed by atoms with E-state index < -0.39 is 6.17 Å². The molecule has 5 rings (SSSR count). The van der Waals surface area contributed by atoms with Gasteiger partial charge in [0, 0.05) is 24.1 Å². The van der Waals surface area contributed by atoms with E-state index in [0.717, 1.165) is 29.4 Å². The Balaban J connectivity index is 1.63. The highest BCUT2D eigenvalue weighted by Gasteiger charge is 2.27. The van der Waals surface area contributed by atoms with Crippen LogP contribution in [0.1, 0.15) is 31.5 Å². The second-order valence-electron chi connectivity index (χ2n) is 7.42. The lowest BCUT2D eigenvalue weighted by atomic mass is 10.1. The summed E-state index contributed by atoms with van der Waals surface area (Å²) in [5.41, 5.74) is 8.65. The maximum absolute atomic E-state index is 6.10. The van der Waals surface area contributed by atoms with Gasteiger partial charge in [-0.25, -0.2) is 9.98 Å². The fourth-order valence-electron chi connectivity index (χ4n) is 3.83. The standard InChI is InChI=1S/C22H25N5O4/c1-3-7-29-17-10-13(5-6-16(17)28-2)20-25-21(23)26-22-24-14-11-18-19(12-15(14)27(20)22)31-9-4-8-30-18/h5-6,10-12,20H,3-4,7-9H2,1-2H3,(H3,23,24,25,26). The van der Waals surface area contributed by atoms with Crippen LogP contribution in [0.5, 0.6) is 23.0 Å². The Bertz CT molecular complexity index is 1160. The molecular formula is C22H25N5O4. The van der Waals surface area contributed by atoms with Crippen LogP contribution in [0.15, 0.2) is 35.3 Å². The summed E-state index contributed by atoms with van der Waals surface area (Å²) >= 11 is 0. The lowest BCUT2D eigenvalue weighted by molar-refractivity contribution is 0.293. The van der Waals surface area contributed by atoms with Crippen LogP contribution in [0.3, 0.4) is 0 Å². The van der Waals surface area contributed by atoms with Crippen molar-refractivity contribution >= 4 is 22.9 Å². The molecule has 0 spiro atoms. The number of nitrogens with one attached hydrogen (secondary N) is 1. The zero-order valence-corrected chi connectivity index (χ0v) is 17.6. The Morgan fingerprint density at radius 3 is 2.74 bits per heavy atom. The zero-order valence-electron chi connectivity index (χ0n) is 17.6. The monoisotopic (exact) mass is 423 g/mol. The van der Waals surface area contributed by atoms with Gasteiger partial charge in [-0.3, -0.25) is 9.88 Å². The third-order valence-corrected chi connectivity index (χ3v) is 5.25. The van der Waals surface area contributed by atoms with Crippen molar-refractivity contribution in [1.82, 2.24) is 9.55 Å². The molecule has 0 bridgehead atoms. The number of benzene rings is 2. The fraction of sp³-hybridized carbons (Fsp3) is 0.364. The highest BCUT2D eigenvalue weighted by atomic mass is 16.5. The number of aromatic nitrogens is 2. The van der Waals surface area contributed by atoms with Gasteiger partial charge in [-0.15, -0.1) is 0 Å². The van der Waals surface area contributed by atoms with E-state index in [1.54, 1.807) is 7.11 Å². The Morgan fingerprint density at radius 1 is 1.16 bits per heavy atom. The number of hydrogen-bond acceptors (Lipinski definition) is 8. The van der Waals surface area contributed by atoms with Crippen LogP contribution in [0, 0.1) is 0 Å². The number of rotatable bonds is 5. The summed E-state index contributed by atoms with van der Waals surface area (Å²) in [6.07, 6.45) is 1.32. The molecule has 3 heterocycles. The number of fused-ring (bicyclic) bond motifs is 4. The second-order valence-corrected chi connectivity index (χ2v) is 7.42. The first kappa shape index (κ1) is 19.3. The molecule has 0 saturated heterocycles. The number of anilines is 1. The van der Waals surface area contributed by atoms with Crippen LogP contribution < -0.4 is 30.0 Å². The van der Waals surface area contributed by atoms with Crippen LogP contribution in [-0.4, -0.2) is 42.4 Å². The normalized spacial score (nSPS) is 17.4. The number of imidazole rings is 1. The predicted octanol–water partition coefficient (Wildman–Crippen LogP) is 3.28. The molecule has 2 aromatic carbocycles. The minimum Gasteiger partial charge on any atom is -0.493 e. The number of aliphatic imine (C=N–C) groups is 1. The van der Waals surface area contributed by atoms with Crippen LogP contribution in [0.25, 0.3) is 11.0 Å². The van der Waals surface area contributed by atoms with Gasteiger partial charge in [0.05, 0.1) is 38.0 Å². The van der Waals surface area contributed by atoms with Crippen LogP contribution in [0.4, 0.5) is 5.95 Å². The number of nitrogens with zero attached hydrogens (tertiary/aromatic N) is 3. The van der Waals surface area contributed by atoms with Crippen molar-refractivity contribution in [2.75, 3.05) is 32.2 Å². The Labute approximate surface area is 179 Å². The second kappa shape index (κ2) is 7.90. The van der Waals surface area contributed by atoms with Crippen molar-refractivity contribution in [2.45, 2.75) is 25.9 Å². The molecule has 0 aliphatic carbocycles. The summed E-state index contributed by atoms with van der Waals surface area (Å²) in [4.78, 5) is 9.38. The average Bonchev–Trinajstić information content (AvgIpc) is 2.96. The third kappa shape index (κ3) is 3.45. The molecule has 9 heteroatoms. The van der Waals surface area contributed by atoms with Crippen LogP contribution in [0.2, 0.25) is 0 Å². The molecule has 162 valence electrons. The first-order valence-electron chi connectivity index (χ1n) is 10.4. The van der Waals surface area contributed by atoms with Gasteiger partial charge in [0.2, 0.25) is 5.95 Å². The fourth-order valence-corrected chi connectivity index (χ4v) is 3.83. The maximum Gasteiger partial charge on any atom is 0.212 e. The molecule has 1 aromatic heterocycles. The molecule has 0 amide bonds. The first-order valence-corrected chi connectivity index (χ1v) is 10.4. The molecule has 0 radical (unpaired) electrons. The van der Waals surface area contributed by atoms with Crippen molar-refractivity contribution in [2.24, 2.45) is 10.7 Å². The lowest BCUT2D eigenvalue weighted by Gasteiger charge is -2.24. The van der Waals surface area contributed by atoms with E-state index in [-0.39, 0.29) is 0 Å². The maximum atomic E-state index is 6.10. The van der Waals surface area contributed by atoms with E-state index in [1.165, 1.54) is 0 Å². The number of nitrogens with two attached hydrogens (primary N) is 1. The quantitative estimate of drug-likeness (QED) is 0.649. The highest BCUT2D eigenvalue weighted by molar-refractivity contribution is 5.95. The molecule has 2 aliphatic heterocycles. The van der Waals surface area contributed by atoms with Crippen LogP contribution >= 0.6 is 0 Å². The van der Waals surface area contributed by atoms with Gasteiger partial charge in [0.25, 0.3) is 0 Å². The molecule has 1 unspecified atom stereocenters. The van der Waals surface area contributed by atoms with Crippen molar-refractivity contribution in [1.29, 1.82) is 0 Å². The van der Waals surface area contributed by atoms with Gasteiger partial charge < -0.3 is 24.7 Å². The highest BCUT2D eigenvalue weighted by Crippen LogP contribution is 2.40. The third-order valence-electron chi connectivity index (χ3n) is 5.25. The van der Waals surface area contributed by atoms with Crippen molar-refractivity contribution < 1.29 is 18.9 Å². The Morgan fingerprint density at radius 2 is 1.97 bits per heavy atom. The van der Waals surface area contributed by atoms with Gasteiger partial charge in [-0.2, -0.15) is 0 Å². The van der Waals surface area contributed by atoms with Gasteiger partial charge >= 0.3 is 0 Å². The molecule has 3 aromatic rings. The summed E-state index contributed by atoms with van der Waals surface area (Å²) in [5, 5.41) is 3.07. The average molecular weight is 423 g/mol. The van der Waals surface area contributed by atoms with E-state index in [0.29, 0.717) is 54.7 Å². The molecule has 1 atom stereocenters. The van der Waals surface area contributed by atoms with Crippen molar-refractivity contribution in [3.63, 3.8) is 0 Å². The number of guanidine groups is 1. The first-order chi connectivity index (χ1) is 15.2. The lowest BCUT2D eigenvalue weighted by Crippen LogP contribution is -2.31. The minimum absolute atomic E-state index is 0.300. The summed E-state index contributed by atoms with van der Waals surface area (Å²) in [5.74, 6) is 3.66.